The minimum Gasteiger partial charge on any atom is -0.508 e. The van der Waals surface area contributed by atoms with Gasteiger partial charge in [0.2, 0.25) is 5.91 Å². The van der Waals surface area contributed by atoms with E-state index in [1.807, 2.05) is 42.5 Å². The zero-order valence-electron chi connectivity index (χ0n) is 28.2. The van der Waals surface area contributed by atoms with Gasteiger partial charge in [0.25, 0.3) is 5.91 Å². The average molecular weight is 648 g/mol. The topological polar surface area (TPSA) is 108 Å². The van der Waals surface area contributed by atoms with Gasteiger partial charge in [-0.1, -0.05) is 86.7 Å². The summed E-state index contributed by atoms with van der Waals surface area (Å²) in [6.07, 6.45) is 8.48. The fourth-order valence-electron chi connectivity index (χ4n) is 5.51. The van der Waals surface area contributed by atoms with Crippen molar-refractivity contribution in [3.05, 3.63) is 108 Å². The minimum atomic E-state index is -1.07. The Morgan fingerprint density at radius 1 is 0.896 bits per heavy atom. The van der Waals surface area contributed by atoms with Crippen LogP contribution in [0.3, 0.4) is 0 Å². The molecule has 0 aliphatic heterocycles. The van der Waals surface area contributed by atoms with Crippen molar-refractivity contribution in [2.45, 2.75) is 77.5 Å². The molecule has 4 rings (SSSR count). The van der Waals surface area contributed by atoms with Crippen LogP contribution in [0.5, 0.6) is 5.75 Å². The highest BCUT2D eigenvalue weighted by Gasteiger charge is 2.36. The molecule has 0 saturated carbocycles. The van der Waals surface area contributed by atoms with Crippen molar-refractivity contribution in [3.8, 4) is 18.1 Å². The van der Waals surface area contributed by atoms with E-state index in [0.717, 1.165) is 30.0 Å². The van der Waals surface area contributed by atoms with Crippen LogP contribution in [0, 0.1) is 12.3 Å². The molecule has 0 aromatic heterocycles. The van der Waals surface area contributed by atoms with Gasteiger partial charge in [0.05, 0.1) is 0 Å². The molecular weight excluding hydrogens is 602 g/mol. The molecule has 0 aliphatic carbocycles. The number of phenolic OH excluding ortho intramolecular Hbond substituents is 1. The lowest BCUT2D eigenvalue weighted by molar-refractivity contribution is -0.140. The first kappa shape index (κ1) is 35.6. The van der Waals surface area contributed by atoms with Gasteiger partial charge in [-0.15, -0.1) is 6.42 Å². The van der Waals surface area contributed by atoms with Crippen molar-refractivity contribution in [2.24, 2.45) is 0 Å². The number of fused-ring (bicyclic) bond motifs is 1. The van der Waals surface area contributed by atoms with Gasteiger partial charge in [-0.05, 0) is 85.5 Å². The van der Waals surface area contributed by atoms with Crippen molar-refractivity contribution in [1.29, 1.82) is 0 Å². The molecule has 2 atom stereocenters. The summed E-state index contributed by atoms with van der Waals surface area (Å²) in [5.74, 6) is 1.85. The van der Waals surface area contributed by atoms with Crippen LogP contribution in [0.2, 0.25) is 0 Å². The van der Waals surface area contributed by atoms with Gasteiger partial charge in [0.15, 0.2) is 0 Å². The lowest BCUT2D eigenvalue weighted by Crippen LogP contribution is -2.53. The van der Waals surface area contributed by atoms with Crippen LogP contribution in [0.4, 0.5) is 10.5 Å². The van der Waals surface area contributed by atoms with E-state index in [-0.39, 0.29) is 18.7 Å². The van der Waals surface area contributed by atoms with E-state index in [9.17, 15) is 19.5 Å². The number of alkyl carbamates (subject to hydrolysis) is 1. The van der Waals surface area contributed by atoms with Gasteiger partial charge in [-0.2, -0.15) is 0 Å². The summed E-state index contributed by atoms with van der Waals surface area (Å²) in [6, 6.07) is 24.9. The second-order valence-corrected chi connectivity index (χ2v) is 12.9. The van der Waals surface area contributed by atoms with Crippen LogP contribution in [0.15, 0.2) is 91.0 Å². The van der Waals surface area contributed by atoms with Gasteiger partial charge >= 0.3 is 6.09 Å². The molecule has 8 nitrogen and oxygen atoms in total. The Morgan fingerprint density at radius 3 is 2.23 bits per heavy atom. The van der Waals surface area contributed by atoms with Gasteiger partial charge in [0.1, 0.15) is 23.4 Å². The normalized spacial score (nSPS) is 12.4. The molecule has 8 heteroatoms. The number of carbonyl (C=O) groups excluding carboxylic acids is 3. The molecule has 3 N–H and O–H groups in total. The third kappa shape index (κ3) is 10.1. The van der Waals surface area contributed by atoms with E-state index in [1.54, 1.807) is 62.1 Å². The molecule has 0 fully saturated rings. The van der Waals surface area contributed by atoms with Gasteiger partial charge in [0, 0.05) is 24.2 Å². The van der Waals surface area contributed by atoms with E-state index in [2.05, 4.69) is 23.5 Å². The lowest BCUT2D eigenvalue weighted by Gasteiger charge is -2.35. The molecule has 2 unspecified atom stereocenters. The molecule has 0 heterocycles. The zero-order chi connectivity index (χ0) is 34.7. The Morgan fingerprint density at radius 2 is 1.58 bits per heavy atom. The quantitative estimate of drug-likeness (QED) is 0.102. The predicted molar refractivity (Wildman–Crippen MR) is 191 cm³/mol. The maximum atomic E-state index is 14.7. The van der Waals surface area contributed by atoms with Crippen molar-refractivity contribution in [3.63, 3.8) is 0 Å². The summed E-state index contributed by atoms with van der Waals surface area (Å²) in [4.78, 5) is 43.8. The fourth-order valence-corrected chi connectivity index (χ4v) is 5.51. The van der Waals surface area contributed by atoms with Crippen molar-refractivity contribution < 1.29 is 24.2 Å². The summed E-state index contributed by atoms with van der Waals surface area (Å²) in [5, 5.41) is 17.7. The third-order valence-corrected chi connectivity index (χ3v) is 7.87. The van der Waals surface area contributed by atoms with Crippen molar-refractivity contribution >= 4 is 34.4 Å². The van der Waals surface area contributed by atoms with Crippen LogP contribution in [-0.4, -0.2) is 46.1 Å². The van der Waals surface area contributed by atoms with Crippen molar-refractivity contribution in [2.75, 3.05) is 11.9 Å². The van der Waals surface area contributed by atoms with Crippen LogP contribution in [0.1, 0.15) is 76.1 Å². The van der Waals surface area contributed by atoms with E-state index < -0.39 is 35.6 Å². The smallest absolute Gasteiger partial charge is 0.408 e. The maximum Gasteiger partial charge on any atom is 0.408 e. The highest BCUT2D eigenvalue weighted by atomic mass is 16.6. The number of ether oxygens (including phenoxy) is 1. The number of benzene rings is 4. The predicted octanol–water partition coefficient (Wildman–Crippen LogP) is 7.75. The molecular formula is C40H45N3O5. The average Bonchev–Trinajstić information content (AvgIpc) is 3.05. The van der Waals surface area contributed by atoms with Gasteiger partial charge < -0.3 is 25.4 Å². The van der Waals surface area contributed by atoms with Crippen LogP contribution in [0.25, 0.3) is 10.8 Å². The van der Waals surface area contributed by atoms with E-state index in [1.165, 1.54) is 12.1 Å². The first-order valence-electron chi connectivity index (χ1n) is 16.4. The number of nitrogens with zero attached hydrogens (tertiary/aromatic N) is 1. The zero-order valence-corrected chi connectivity index (χ0v) is 28.2. The number of unbranched alkanes of at least 4 members (excludes halogenated alkanes) is 3. The number of rotatable bonds is 13. The SMILES string of the molecule is C#Cc1ccc(C(C(=O)Nc2ccc3ccccc3c2)N(CCCCCC)C(=O)C(Cc2ccc(O)cc2)NC(=O)OC(C)(C)C)cc1. The third-order valence-electron chi connectivity index (χ3n) is 7.87. The Kier molecular flexibility index (Phi) is 12.2. The summed E-state index contributed by atoms with van der Waals surface area (Å²) in [6.45, 7) is 7.62. The summed E-state index contributed by atoms with van der Waals surface area (Å²) in [7, 11) is 0. The van der Waals surface area contributed by atoms with Crippen LogP contribution < -0.4 is 10.6 Å². The van der Waals surface area contributed by atoms with E-state index >= 15 is 0 Å². The number of aromatic hydroxyl groups is 1. The Bertz CT molecular complexity index is 1740. The van der Waals surface area contributed by atoms with E-state index in [4.69, 9.17) is 11.2 Å². The summed E-state index contributed by atoms with van der Waals surface area (Å²) < 4.78 is 5.54. The first-order valence-corrected chi connectivity index (χ1v) is 16.4. The number of hydrogen-bond acceptors (Lipinski definition) is 5. The molecule has 250 valence electrons. The molecule has 0 aliphatic rings. The first-order chi connectivity index (χ1) is 23.0. The Balaban J connectivity index is 1.76. The largest absolute Gasteiger partial charge is 0.508 e. The summed E-state index contributed by atoms with van der Waals surface area (Å²) >= 11 is 0. The second-order valence-electron chi connectivity index (χ2n) is 12.9. The van der Waals surface area contributed by atoms with Gasteiger partial charge in [-0.25, -0.2) is 4.79 Å². The highest BCUT2D eigenvalue weighted by Crippen LogP contribution is 2.28. The number of amides is 3. The standard InChI is InChI=1S/C40H45N3O5/c1-6-8-9-12-25-43(38(46)35(42-39(47)48-40(3,4)5)26-29-17-23-34(44)24-18-29)36(31-19-15-28(7-2)16-20-31)37(45)41-33-22-21-30-13-10-11-14-32(30)27-33/h2,10-11,13-24,27,35-36,44H,6,8-9,12,25-26H2,1,3-5H3,(H,41,45)(H,42,47). The van der Waals surface area contributed by atoms with Crippen LogP contribution >= 0.6 is 0 Å². The number of nitrogens with one attached hydrogen (secondary N) is 2. The molecule has 4 aromatic rings. The van der Waals surface area contributed by atoms with Crippen LogP contribution in [-0.2, 0) is 20.7 Å². The minimum absolute atomic E-state index is 0.0834. The Hall–Kier alpha value is -5.29. The highest BCUT2D eigenvalue weighted by molar-refractivity contribution is 6.00. The van der Waals surface area contributed by atoms with E-state index in [0.29, 0.717) is 28.8 Å². The number of carbonyl (C=O) groups is 3. The number of anilines is 1. The number of phenols is 1. The fraction of sp³-hybridized carbons (Fsp3) is 0.325. The second kappa shape index (κ2) is 16.5. The molecule has 48 heavy (non-hydrogen) atoms. The monoisotopic (exact) mass is 647 g/mol. The molecule has 4 aromatic carbocycles. The molecule has 3 amide bonds. The molecule has 0 spiro atoms. The molecule has 0 radical (unpaired) electrons. The lowest BCUT2D eigenvalue weighted by atomic mass is 9.98. The number of terminal acetylenes is 1. The van der Waals surface area contributed by atoms with Gasteiger partial charge in [-0.3, -0.25) is 9.59 Å². The number of hydrogen-bond donors (Lipinski definition) is 3. The maximum absolute atomic E-state index is 14.7. The molecule has 0 bridgehead atoms. The van der Waals surface area contributed by atoms with Crippen molar-refractivity contribution in [1.82, 2.24) is 10.2 Å². The molecule has 0 saturated heterocycles. The Labute approximate surface area is 283 Å². The summed E-state index contributed by atoms with van der Waals surface area (Å²) in [5.41, 5.74) is 1.73.